The van der Waals surface area contributed by atoms with E-state index in [1.54, 1.807) is 19.2 Å². The van der Waals surface area contributed by atoms with Crippen molar-refractivity contribution in [2.45, 2.75) is 31.8 Å². The van der Waals surface area contributed by atoms with Gasteiger partial charge in [-0.05, 0) is 43.7 Å². The molecule has 0 aliphatic carbocycles. The number of nitrogens with zero attached hydrogens (tertiary/aromatic N) is 2. The first-order chi connectivity index (χ1) is 10.6. The number of hydrogen-bond donors (Lipinski definition) is 1. The lowest BCUT2D eigenvalue weighted by molar-refractivity contribution is -0.127. The largest absolute Gasteiger partial charge is 0.358 e. The number of benzene rings is 1. The van der Waals surface area contributed by atoms with Gasteiger partial charge in [0, 0.05) is 37.2 Å². The SMILES string of the molecule is CNC(=O)[C@H]1CCCCN1Cc1cc2cc(F)ccc2n1C. The number of carbonyl (C=O) groups excluding carboxylic acids is 1. The highest BCUT2D eigenvalue weighted by atomic mass is 19.1. The van der Waals surface area contributed by atoms with E-state index in [1.807, 2.05) is 13.1 Å². The third kappa shape index (κ3) is 2.73. The molecule has 3 rings (SSSR count). The van der Waals surface area contributed by atoms with Crippen molar-refractivity contribution in [1.82, 2.24) is 14.8 Å². The number of amides is 1. The number of rotatable bonds is 3. The highest BCUT2D eigenvalue weighted by Crippen LogP contribution is 2.24. The smallest absolute Gasteiger partial charge is 0.237 e. The Kier molecular flexibility index (Phi) is 4.16. The Bertz CT molecular complexity index is 695. The number of piperidine rings is 1. The summed E-state index contributed by atoms with van der Waals surface area (Å²) in [6.07, 6.45) is 3.11. The van der Waals surface area contributed by atoms with Gasteiger partial charge in [-0.1, -0.05) is 6.42 Å². The van der Waals surface area contributed by atoms with Gasteiger partial charge in [0.2, 0.25) is 5.91 Å². The molecular formula is C17H22FN3O. The molecule has 1 aromatic carbocycles. The molecule has 22 heavy (non-hydrogen) atoms. The van der Waals surface area contributed by atoms with Gasteiger partial charge in [0.05, 0.1) is 6.04 Å². The molecule has 0 saturated carbocycles. The van der Waals surface area contributed by atoms with Gasteiger partial charge in [-0.3, -0.25) is 9.69 Å². The molecular weight excluding hydrogens is 281 g/mol. The number of halogens is 1. The van der Waals surface area contributed by atoms with Crippen LogP contribution in [0.3, 0.4) is 0 Å². The number of aryl methyl sites for hydroxylation is 1. The van der Waals surface area contributed by atoms with Crippen LogP contribution in [0, 0.1) is 5.82 Å². The summed E-state index contributed by atoms with van der Waals surface area (Å²) in [5.74, 6) is -0.129. The summed E-state index contributed by atoms with van der Waals surface area (Å²) in [6.45, 7) is 1.64. The van der Waals surface area contributed by atoms with Crippen LogP contribution in [0.1, 0.15) is 25.0 Å². The molecule has 1 amide bonds. The number of aromatic nitrogens is 1. The lowest BCUT2D eigenvalue weighted by Crippen LogP contribution is -2.48. The van der Waals surface area contributed by atoms with Crippen molar-refractivity contribution in [1.29, 1.82) is 0 Å². The monoisotopic (exact) mass is 303 g/mol. The van der Waals surface area contributed by atoms with Crippen LogP contribution in [0.25, 0.3) is 10.9 Å². The number of hydrogen-bond acceptors (Lipinski definition) is 2. The number of likely N-dealkylation sites (N-methyl/N-ethyl adjacent to an activating group) is 1. The second kappa shape index (κ2) is 6.08. The Labute approximate surface area is 129 Å². The normalized spacial score (nSPS) is 19.5. The number of nitrogens with one attached hydrogen (secondary N) is 1. The van der Waals surface area contributed by atoms with Crippen molar-refractivity contribution in [2.75, 3.05) is 13.6 Å². The molecule has 1 aliphatic rings. The van der Waals surface area contributed by atoms with E-state index in [1.165, 1.54) is 6.07 Å². The number of likely N-dealkylation sites (tertiary alicyclic amines) is 1. The molecule has 1 N–H and O–H groups in total. The summed E-state index contributed by atoms with van der Waals surface area (Å²) in [4.78, 5) is 14.3. The fraction of sp³-hybridized carbons (Fsp3) is 0.471. The van der Waals surface area contributed by atoms with Crippen molar-refractivity contribution in [3.63, 3.8) is 0 Å². The lowest BCUT2D eigenvalue weighted by Gasteiger charge is -2.34. The summed E-state index contributed by atoms with van der Waals surface area (Å²) in [5, 5.41) is 3.67. The summed E-state index contributed by atoms with van der Waals surface area (Å²) in [7, 11) is 3.68. The van der Waals surface area contributed by atoms with Crippen LogP contribution in [0.5, 0.6) is 0 Å². The van der Waals surface area contributed by atoms with Gasteiger partial charge < -0.3 is 9.88 Å². The molecule has 2 heterocycles. The maximum absolute atomic E-state index is 13.4. The van der Waals surface area contributed by atoms with Crippen molar-refractivity contribution in [3.05, 3.63) is 35.8 Å². The quantitative estimate of drug-likeness (QED) is 0.945. The fourth-order valence-electron chi connectivity index (χ4n) is 3.38. The summed E-state index contributed by atoms with van der Waals surface area (Å²) < 4.78 is 15.5. The van der Waals surface area contributed by atoms with Crippen LogP contribution in [0.4, 0.5) is 4.39 Å². The van der Waals surface area contributed by atoms with Gasteiger partial charge in [0.25, 0.3) is 0 Å². The van der Waals surface area contributed by atoms with E-state index >= 15 is 0 Å². The Hall–Kier alpha value is -1.88. The van der Waals surface area contributed by atoms with Crippen LogP contribution < -0.4 is 5.32 Å². The summed E-state index contributed by atoms with van der Waals surface area (Å²) in [5.41, 5.74) is 2.13. The average molecular weight is 303 g/mol. The third-order valence-corrected chi connectivity index (χ3v) is 4.63. The van der Waals surface area contributed by atoms with Gasteiger partial charge in [0.1, 0.15) is 5.82 Å². The molecule has 5 heteroatoms. The van der Waals surface area contributed by atoms with Crippen molar-refractivity contribution >= 4 is 16.8 Å². The molecule has 0 bridgehead atoms. The van der Waals surface area contributed by atoms with Gasteiger partial charge >= 0.3 is 0 Å². The zero-order chi connectivity index (χ0) is 15.7. The van der Waals surface area contributed by atoms with Crippen LogP contribution in [0.2, 0.25) is 0 Å². The van der Waals surface area contributed by atoms with Gasteiger partial charge in [-0.15, -0.1) is 0 Å². The number of carbonyl (C=O) groups is 1. The third-order valence-electron chi connectivity index (χ3n) is 4.63. The Morgan fingerprint density at radius 3 is 2.95 bits per heavy atom. The molecule has 1 fully saturated rings. The van der Waals surface area contributed by atoms with Gasteiger partial charge in [0.15, 0.2) is 0 Å². The van der Waals surface area contributed by atoms with Gasteiger partial charge in [-0.25, -0.2) is 4.39 Å². The lowest BCUT2D eigenvalue weighted by atomic mass is 10.0. The molecule has 0 spiro atoms. The average Bonchev–Trinajstić information content (AvgIpc) is 2.82. The predicted octanol–water partition coefficient (Wildman–Crippen LogP) is 2.42. The standard InChI is InChI=1S/C17H22FN3O/c1-19-17(22)16-5-3-4-8-21(16)11-14-10-12-9-13(18)6-7-15(12)20(14)2/h6-7,9-10,16H,3-5,8,11H2,1-2H3,(H,19,22)/t16-/m1/s1. The molecule has 1 aliphatic heterocycles. The van der Waals surface area contributed by atoms with E-state index in [0.29, 0.717) is 6.54 Å². The Morgan fingerprint density at radius 2 is 2.18 bits per heavy atom. The molecule has 2 aromatic rings. The zero-order valence-corrected chi connectivity index (χ0v) is 13.1. The first-order valence-corrected chi connectivity index (χ1v) is 7.79. The van der Waals surface area contributed by atoms with Crippen molar-refractivity contribution in [2.24, 2.45) is 7.05 Å². The first kappa shape index (κ1) is 15.0. The van der Waals surface area contributed by atoms with Gasteiger partial charge in [-0.2, -0.15) is 0 Å². The molecule has 118 valence electrons. The van der Waals surface area contributed by atoms with Crippen LogP contribution in [-0.4, -0.2) is 35.0 Å². The van der Waals surface area contributed by atoms with E-state index in [-0.39, 0.29) is 17.8 Å². The highest BCUT2D eigenvalue weighted by Gasteiger charge is 2.28. The summed E-state index contributed by atoms with van der Waals surface area (Å²) in [6, 6.07) is 6.81. The van der Waals surface area contributed by atoms with Crippen molar-refractivity contribution in [3.8, 4) is 0 Å². The Balaban J connectivity index is 1.88. The minimum atomic E-state index is -0.217. The topological polar surface area (TPSA) is 37.3 Å². The van der Waals surface area contributed by atoms with Crippen LogP contribution >= 0.6 is 0 Å². The molecule has 0 unspecified atom stereocenters. The highest BCUT2D eigenvalue weighted by molar-refractivity contribution is 5.82. The Morgan fingerprint density at radius 1 is 1.36 bits per heavy atom. The van der Waals surface area contributed by atoms with E-state index in [4.69, 9.17) is 0 Å². The molecule has 0 radical (unpaired) electrons. The van der Waals surface area contributed by atoms with Crippen LogP contribution in [0.15, 0.2) is 24.3 Å². The first-order valence-electron chi connectivity index (χ1n) is 7.79. The molecule has 1 saturated heterocycles. The maximum Gasteiger partial charge on any atom is 0.237 e. The predicted molar refractivity (Wildman–Crippen MR) is 85.0 cm³/mol. The zero-order valence-electron chi connectivity index (χ0n) is 13.1. The molecule has 4 nitrogen and oxygen atoms in total. The molecule has 1 aromatic heterocycles. The van der Waals surface area contributed by atoms with E-state index in [0.717, 1.165) is 42.4 Å². The number of fused-ring (bicyclic) bond motifs is 1. The van der Waals surface area contributed by atoms with Crippen molar-refractivity contribution < 1.29 is 9.18 Å². The molecule has 1 atom stereocenters. The van der Waals surface area contributed by atoms with E-state index < -0.39 is 0 Å². The summed E-state index contributed by atoms with van der Waals surface area (Å²) >= 11 is 0. The fourth-order valence-corrected chi connectivity index (χ4v) is 3.38. The maximum atomic E-state index is 13.4. The second-order valence-corrected chi connectivity index (χ2v) is 5.99. The minimum Gasteiger partial charge on any atom is -0.358 e. The second-order valence-electron chi connectivity index (χ2n) is 5.99. The van der Waals surface area contributed by atoms with E-state index in [2.05, 4.69) is 14.8 Å². The minimum absolute atomic E-state index is 0.0616. The van der Waals surface area contributed by atoms with Crippen LogP contribution in [-0.2, 0) is 18.4 Å². The van der Waals surface area contributed by atoms with E-state index in [9.17, 15) is 9.18 Å².